The first-order chi connectivity index (χ1) is 7.59. The fraction of sp³-hybridized carbons (Fsp3) is 0.750. The summed E-state index contributed by atoms with van der Waals surface area (Å²) in [5.41, 5.74) is 0.956. The van der Waals surface area contributed by atoms with E-state index in [1.165, 1.54) is 0 Å². The summed E-state index contributed by atoms with van der Waals surface area (Å²) in [5.74, 6) is 0. The molecule has 0 saturated heterocycles. The van der Waals surface area contributed by atoms with Gasteiger partial charge in [0.25, 0.3) is 0 Å². The first-order valence-corrected chi connectivity index (χ1v) is 5.88. The van der Waals surface area contributed by atoms with E-state index in [1.807, 2.05) is 38.0 Å². The lowest BCUT2D eigenvalue weighted by Gasteiger charge is -2.36. The monoisotopic (exact) mass is 225 g/mol. The number of likely N-dealkylation sites (N-methyl/N-ethyl adjacent to an activating group) is 1. The van der Waals surface area contributed by atoms with Gasteiger partial charge in [0.15, 0.2) is 0 Å². The van der Waals surface area contributed by atoms with E-state index in [4.69, 9.17) is 4.74 Å². The average molecular weight is 225 g/mol. The van der Waals surface area contributed by atoms with Crippen molar-refractivity contribution in [2.45, 2.75) is 38.8 Å². The number of aryl methyl sites for hydroxylation is 1. The molecule has 1 aromatic rings. The molecule has 1 heterocycles. The van der Waals surface area contributed by atoms with Crippen LogP contribution >= 0.6 is 0 Å². The van der Waals surface area contributed by atoms with Crippen LogP contribution in [0.4, 0.5) is 0 Å². The minimum Gasteiger partial charge on any atom is -0.374 e. The molecular weight excluding hydrogens is 202 g/mol. The predicted molar refractivity (Wildman–Crippen MR) is 65.3 cm³/mol. The Morgan fingerprint density at radius 1 is 1.56 bits per heavy atom. The molecule has 0 aliphatic heterocycles. The van der Waals surface area contributed by atoms with Crippen molar-refractivity contribution in [1.29, 1.82) is 0 Å². The normalized spacial score (nSPS) is 17.1. The van der Waals surface area contributed by atoms with Crippen LogP contribution in [0, 0.1) is 0 Å². The molecule has 1 rings (SSSR count). The first kappa shape index (κ1) is 13.2. The number of ether oxygens (including phenoxy) is 1. The third-order valence-electron chi connectivity index (χ3n) is 3.23. The number of nitrogens with zero attached hydrogens (tertiary/aromatic N) is 2. The molecule has 1 aromatic heterocycles. The number of hydrogen-bond donors (Lipinski definition) is 1. The lowest BCUT2D eigenvalue weighted by atomic mass is 9.90. The molecule has 92 valence electrons. The number of rotatable bonds is 6. The summed E-state index contributed by atoms with van der Waals surface area (Å²) >= 11 is 0. The van der Waals surface area contributed by atoms with Gasteiger partial charge in [-0.05, 0) is 33.4 Å². The van der Waals surface area contributed by atoms with Crippen LogP contribution in [0.15, 0.2) is 12.3 Å². The van der Waals surface area contributed by atoms with Gasteiger partial charge in [-0.1, -0.05) is 6.92 Å². The summed E-state index contributed by atoms with van der Waals surface area (Å²) in [7, 11) is 3.92. The zero-order chi connectivity index (χ0) is 12.2. The third-order valence-corrected chi connectivity index (χ3v) is 3.23. The van der Waals surface area contributed by atoms with Gasteiger partial charge in [-0.2, -0.15) is 5.10 Å². The molecular formula is C12H23N3O. The van der Waals surface area contributed by atoms with Crippen LogP contribution in [0.1, 0.15) is 38.9 Å². The van der Waals surface area contributed by atoms with Crippen LogP contribution in [-0.2, 0) is 11.8 Å². The molecule has 0 radical (unpaired) electrons. The van der Waals surface area contributed by atoms with Gasteiger partial charge in [0, 0.05) is 19.9 Å². The van der Waals surface area contributed by atoms with Gasteiger partial charge < -0.3 is 10.1 Å². The smallest absolute Gasteiger partial charge is 0.0860 e. The van der Waals surface area contributed by atoms with Crippen molar-refractivity contribution >= 4 is 0 Å². The minimum absolute atomic E-state index is 0.157. The maximum Gasteiger partial charge on any atom is 0.0860 e. The van der Waals surface area contributed by atoms with Gasteiger partial charge in [-0.15, -0.1) is 0 Å². The second-order valence-corrected chi connectivity index (χ2v) is 4.20. The molecule has 0 aliphatic carbocycles. The van der Waals surface area contributed by atoms with E-state index in [0.29, 0.717) is 0 Å². The van der Waals surface area contributed by atoms with Gasteiger partial charge in [-0.3, -0.25) is 4.68 Å². The Morgan fingerprint density at radius 2 is 2.25 bits per heavy atom. The summed E-state index contributed by atoms with van der Waals surface area (Å²) in [4.78, 5) is 0. The molecule has 0 aliphatic rings. The Labute approximate surface area is 98.0 Å². The fourth-order valence-corrected chi connectivity index (χ4v) is 2.15. The average Bonchev–Trinajstić information content (AvgIpc) is 2.66. The van der Waals surface area contributed by atoms with E-state index in [9.17, 15) is 0 Å². The minimum atomic E-state index is -0.197. The van der Waals surface area contributed by atoms with Crippen LogP contribution in [0.2, 0.25) is 0 Å². The third kappa shape index (κ3) is 2.44. The number of aromatic nitrogens is 2. The van der Waals surface area contributed by atoms with E-state index in [2.05, 4.69) is 24.3 Å². The topological polar surface area (TPSA) is 39.1 Å². The Kier molecular flexibility index (Phi) is 4.50. The molecule has 2 unspecified atom stereocenters. The second kappa shape index (κ2) is 5.46. The Bertz CT molecular complexity index is 324. The maximum absolute atomic E-state index is 5.91. The number of nitrogens with one attached hydrogen (secondary N) is 1. The Hall–Kier alpha value is -0.870. The summed E-state index contributed by atoms with van der Waals surface area (Å²) in [5, 5.41) is 7.55. The summed E-state index contributed by atoms with van der Waals surface area (Å²) in [6.07, 6.45) is 2.78. The highest BCUT2D eigenvalue weighted by Gasteiger charge is 2.34. The summed E-state index contributed by atoms with van der Waals surface area (Å²) in [6, 6.07) is 2.19. The van der Waals surface area contributed by atoms with Gasteiger partial charge in [0.2, 0.25) is 0 Å². The van der Waals surface area contributed by atoms with Crippen molar-refractivity contribution in [3.8, 4) is 0 Å². The quantitative estimate of drug-likeness (QED) is 0.803. The van der Waals surface area contributed by atoms with E-state index < -0.39 is 0 Å². The van der Waals surface area contributed by atoms with Gasteiger partial charge in [-0.25, -0.2) is 0 Å². The lowest BCUT2D eigenvalue weighted by molar-refractivity contribution is -0.0564. The van der Waals surface area contributed by atoms with E-state index in [-0.39, 0.29) is 11.6 Å². The Balaban J connectivity index is 3.00. The largest absolute Gasteiger partial charge is 0.374 e. The highest BCUT2D eigenvalue weighted by Crippen LogP contribution is 2.31. The summed E-state index contributed by atoms with van der Waals surface area (Å²) < 4.78 is 7.80. The van der Waals surface area contributed by atoms with Crippen LogP contribution in [0.3, 0.4) is 0 Å². The highest BCUT2D eigenvalue weighted by atomic mass is 16.5. The van der Waals surface area contributed by atoms with Crippen molar-refractivity contribution in [1.82, 2.24) is 15.1 Å². The molecule has 1 N–H and O–H groups in total. The molecule has 4 heteroatoms. The van der Waals surface area contributed by atoms with Crippen molar-refractivity contribution in [3.63, 3.8) is 0 Å². The standard InChI is InChI=1S/C12H23N3O/c1-6-12(3,16-7-2)11(13-4)10-8-9-14-15(10)5/h8-9,11,13H,6-7H2,1-5H3. The fourth-order valence-electron chi connectivity index (χ4n) is 2.15. The lowest BCUT2D eigenvalue weighted by Crippen LogP contribution is -2.43. The molecule has 16 heavy (non-hydrogen) atoms. The van der Waals surface area contributed by atoms with E-state index >= 15 is 0 Å². The van der Waals surface area contributed by atoms with Gasteiger partial charge >= 0.3 is 0 Å². The Morgan fingerprint density at radius 3 is 2.62 bits per heavy atom. The highest BCUT2D eigenvalue weighted by molar-refractivity contribution is 5.12. The van der Waals surface area contributed by atoms with Crippen LogP contribution in [-0.4, -0.2) is 29.0 Å². The van der Waals surface area contributed by atoms with Gasteiger partial charge in [0.1, 0.15) is 0 Å². The molecule has 0 saturated carbocycles. The zero-order valence-corrected chi connectivity index (χ0v) is 10.9. The zero-order valence-electron chi connectivity index (χ0n) is 10.9. The summed E-state index contributed by atoms with van der Waals surface area (Å²) in [6.45, 7) is 7.05. The molecule has 0 aromatic carbocycles. The van der Waals surface area contributed by atoms with Crippen LogP contribution in [0.25, 0.3) is 0 Å². The molecule has 0 bridgehead atoms. The predicted octanol–water partition coefficient (Wildman–Crippen LogP) is 1.89. The molecule has 0 amide bonds. The van der Waals surface area contributed by atoms with Crippen LogP contribution < -0.4 is 5.32 Å². The van der Waals surface area contributed by atoms with Crippen molar-refractivity contribution < 1.29 is 4.74 Å². The van der Waals surface area contributed by atoms with E-state index in [0.717, 1.165) is 18.7 Å². The molecule has 4 nitrogen and oxygen atoms in total. The second-order valence-electron chi connectivity index (χ2n) is 4.20. The number of hydrogen-bond acceptors (Lipinski definition) is 3. The van der Waals surface area contributed by atoms with Crippen molar-refractivity contribution in [2.24, 2.45) is 7.05 Å². The van der Waals surface area contributed by atoms with E-state index in [1.54, 1.807) is 0 Å². The van der Waals surface area contributed by atoms with Crippen molar-refractivity contribution in [3.05, 3.63) is 18.0 Å². The molecule has 0 fully saturated rings. The molecule has 2 atom stereocenters. The first-order valence-electron chi connectivity index (χ1n) is 5.88. The molecule has 0 spiro atoms. The SMILES string of the molecule is CCOC(C)(CC)C(NC)c1ccnn1C. The van der Waals surface area contributed by atoms with Crippen LogP contribution in [0.5, 0.6) is 0 Å². The van der Waals surface area contributed by atoms with Gasteiger partial charge in [0.05, 0.1) is 17.3 Å². The maximum atomic E-state index is 5.91. The van der Waals surface area contributed by atoms with Crippen molar-refractivity contribution in [2.75, 3.05) is 13.7 Å².